The molecule has 0 aromatic rings. The Bertz CT molecular complexity index is 409. The molecule has 3 unspecified atom stereocenters. The molecule has 1 aliphatic carbocycles. The Labute approximate surface area is 113 Å². The zero-order chi connectivity index (χ0) is 14.6. The number of aliphatic hydroxyl groups is 1. The monoisotopic (exact) mass is 295 g/mol. The van der Waals surface area contributed by atoms with E-state index >= 15 is 0 Å². The second-order valence-corrected chi connectivity index (χ2v) is 7.11. The first-order chi connectivity index (χ1) is 8.80. The summed E-state index contributed by atoms with van der Waals surface area (Å²) in [5.41, 5.74) is 0. The van der Waals surface area contributed by atoms with Crippen molar-refractivity contribution in [3.05, 3.63) is 0 Å². The average molecular weight is 295 g/mol. The summed E-state index contributed by atoms with van der Waals surface area (Å²) in [7, 11) is -0.945. The summed E-state index contributed by atoms with van der Waals surface area (Å²) in [5.74, 6) is -1.93. The molecule has 7 nitrogen and oxygen atoms in total. The first-order valence-electron chi connectivity index (χ1n) is 6.15. The van der Waals surface area contributed by atoms with Crippen LogP contribution in [-0.4, -0.2) is 67.6 Å². The largest absolute Gasteiger partial charge is 0.481 e. The van der Waals surface area contributed by atoms with Gasteiger partial charge >= 0.3 is 5.97 Å². The molecular weight excluding hydrogens is 274 g/mol. The molecule has 1 saturated carbocycles. The normalized spacial score (nSPS) is 25.7. The van der Waals surface area contributed by atoms with E-state index in [-0.39, 0.29) is 13.2 Å². The molecule has 0 heterocycles. The molecule has 112 valence electrons. The topological polar surface area (TPSA) is 104 Å². The van der Waals surface area contributed by atoms with E-state index in [2.05, 4.69) is 0 Å². The number of carboxylic acids is 1. The Balaban J connectivity index is 2.76. The zero-order valence-electron chi connectivity index (χ0n) is 11.2. The molecule has 0 aliphatic heterocycles. The summed E-state index contributed by atoms with van der Waals surface area (Å²) in [6.07, 6.45) is 0.405. The lowest BCUT2D eigenvalue weighted by Gasteiger charge is -2.25. The van der Waals surface area contributed by atoms with Gasteiger partial charge in [0.2, 0.25) is 10.0 Å². The maximum absolute atomic E-state index is 12.3. The smallest absolute Gasteiger partial charge is 0.307 e. The molecule has 0 bridgehead atoms. The number of sulfonamides is 1. The van der Waals surface area contributed by atoms with E-state index in [0.29, 0.717) is 19.3 Å². The molecule has 0 aromatic carbocycles. The quantitative estimate of drug-likeness (QED) is 0.656. The van der Waals surface area contributed by atoms with Gasteiger partial charge in [0.25, 0.3) is 0 Å². The molecule has 0 saturated heterocycles. The molecular formula is C11H21NO6S. The molecule has 1 rings (SSSR count). The van der Waals surface area contributed by atoms with Gasteiger partial charge in [0.1, 0.15) is 0 Å². The van der Waals surface area contributed by atoms with Gasteiger partial charge in [-0.05, 0) is 12.8 Å². The highest BCUT2D eigenvalue weighted by Gasteiger charge is 2.43. The Morgan fingerprint density at radius 3 is 2.63 bits per heavy atom. The predicted molar refractivity (Wildman–Crippen MR) is 68.2 cm³/mol. The van der Waals surface area contributed by atoms with Gasteiger partial charge in [0, 0.05) is 20.7 Å². The highest BCUT2D eigenvalue weighted by Crippen LogP contribution is 2.32. The standard InChI is InChI=1S/C11H21NO6S/c1-12(6-8(13)7-18-2)19(16,17)10-5-3-4-9(10)11(14)15/h8-10,13H,3-7H2,1-2H3,(H,14,15). The van der Waals surface area contributed by atoms with Crippen LogP contribution in [0.4, 0.5) is 0 Å². The number of aliphatic hydroxyl groups excluding tert-OH is 1. The fourth-order valence-corrected chi connectivity index (χ4v) is 4.42. The van der Waals surface area contributed by atoms with E-state index in [9.17, 15) is 18.3 Å². The first kappa shape index (κ1) is 16.4. The zero-order valence-corrected chi connectivity index (χ0v) is 12.0. The van der Waals surface area contributed by atoms with Gasteiger partial charge in [-0.3, -0.25) is 4.79 Å². The molecule has 2 N–H and O–H groups in total. The molecule has 0 aromatic heterocycles. The van der Waals surface area contributed by atoms with Gasteiger partial charge in [0.15, 0.2) is 0 Å². The second-order valence-electron chi connectivity index (χ2n) is 4.85. The van der Waals surface area contributed by atoms with Crippen molar-refractivity contribution in [2.24, 2.45) is 5.92 Å². The van der Waals surface area contributed by atoms with Crippen LogP contribution in [0.1, 0.15) is 19.3 Å². The van der Waals surface area contributed by atoms with E-state index in [4.69, 9.17) is 9.84 Å². The van der Waals surface area contributed by atoms with Crippen LogP contribution in [0, 0.1) is 5.92 Å². The molecule has 0 radical (unpaired) electrons. The number of likely N-dealkylation sites (N-methyl/N-ethyl adjacent to an activating group) is 1. The van der Waals surface area contributed by atoms with E-state index < -0.39 is 33.3 Å². The number of rotatable bonds is 7. The lowest BCUT2D eigenvalue weighted by atomic mass is 10.1. The number of nitrogens with zero attached hydrogens (tertiary/aromatic N) is 1. The lowest BCUT2D eigenvalue weighted by Crippen LogP contribution is -2.43. The Hall–Kier alpha value is -0.700. The minimum Gasteiger partial charge on any atom is -0.481 e. The Morgan fingerprint density at radius 2 is 2.11 bits per heavy atom. The minimum atomic E-state index is -3.71. The third kappa shape index (κ3) is 3.88. The van der Waals surface area contributed by atoms with Crippen molar-refractivity contribution in [3.8, 4) is 0 Å². The second kappa shape index (κ2) is 6.65. The Morgan fingerprint density at radius 1 is 1.47 bits per heavy atom. The molecule has 8 heteroatoms. The number of methoxy groups -OCH3 is 1. The maximum atomic E-state index is 12.3. The summed E-state index contributed by atoms with van der Waals surface area (Å²) < 4.78 is 30.4. The summed E-state index contributed by atoms with van der Waals surface area (Å²) in [4.78, 5) is 11.1. The number of carboxylic acid groups (broad SMARTS) is 1. The van der Waals surface area contributed by atoms with E-state index in [1.807, 2.05) is 0 Å². The van der Waals surface area contributed by atoms with Crippen molar-refractivity contribution in [3.63, 3.8) is 0 Å². The molecule has 3 atom stereocenters. The van der Waals surface area contributed by atoms with Gasteiger partial charge in [-0.2, -0.15) is 0 Å². The van der Waals surface area contributed by atoms with Crippen molar-refractivity contribution in [2.75, 3.05) is 27.3 Å². The molecule has 0 spiro atoms. The summed E-state index contributed by atoms with van der Waals surface area (Å²) in [6, 6.07) is 0. The van der Waals surface area contributed by atoms with E-state index in [1.54, 1.807) is 0 Å². The molecule has 0 amide bonds. The number of aliphatic carboxylic acids is 1. The number of hydrogen-bond donors (Lipinski definition) is 2. The highest BCUT2D eigenvalue weighted by atomic mass is 32.2. The number of carbonyl (C=O) groups is 1. The minimum absolute atomic E-state index is 0.0346. The van der Waals surface area contributed by atoms with Crippen LogP contribution in [-0.2, 0) is 19.6 Å². The van der Waals surface area contributed by atoms with Crippen LogP contribution >= 0.6 is 0 Å². The van der Waals surface area contributed by atoms with Gasteiger partial charge in [-0.15, -0.1) is 0 Å². The fraction of sp³-hybridized carbons (Fsp3) is 0.909. The van der Waals surface area contributed by atoms with Crippen molar-refractivity contribution >= 4 is 16.0 Å². The van der Waals surface area contributed by atoms with Crippen LogP contribution in [0.15, 0.2) is 0 Å². The first-order valence-corrected chi connectivity index (χ1v) is 7.66. The fourth-order valence-electron chi connectivity index (χ4n) is 2.44. The van der Waals surface area contributed by atoms with Crippen LogP contribution in [0.25, 0.3) is 0 Å². The number of hydrogen-bond acceptors (Lipinski definition) is 5. The Kier molecular flexibility index (Phi) is 5.72. The third-order valence-corrected chi connectivity index (χ3v) is 5.76. The summed E-state index contributed by atoms with van der Waals surface area (Å²) in [5, 5.41) is 17.7. The van der Waals surface area contributed by atoms with Crippen molar-refractivity contribution in [1.29, 1.82) is 0 Å². The van der Waals surface area contributed by atoms with Gasteiger partial charge in [-0.25, -0.2) is 12.7 Å². The lowest BCUT2D eigenvalue weighted by molar-refractivity contribution is -0.141. The SMILES string of the molecule is COCC(O)CN(C)S(=O)(=O)C1CCCC1C(=O)O. The summed E-state index contributed by atoms with van der Waals surface area (Å²) in [6.45, 7) is -0.0636. The highest BCUT2D eigenvalue weighted by molar-refractivity contribution is 7.89. The predicted octanol–water partition coefficient (Wildman–Crippen LogP) is -0.491. The third-order valence-electron chi connectivity index (χ3n) is 3.41. The van der Waals surface area contributed by atoms with E-state index in [0.717, 1.165) is 4.31 Å². The van der Waals surface area contributed by atoms with Crippen LogP contribution in [0.5, 0.6) is 0 Å². The van der Waals surface area contributed by atoms with Crippen LogP contribution in [0.3, 0.4) is 0 Å². The van der Waals surface area contributed by atoms with Crippen LogP contribution < -0.4 is 0 Å². The molecule has 1 aliphatic rings. The average Bonchev–Trinajstić information content (AvgIpc) is 2.78. The van der Waals surface area contributed by atoms with Gasteiger partial charge in [-0.1, -0.05) is 6.42 Å². The van der Waals surface area contributed by atoms with Crippen LogP contribution in [0.2, 0.25) is 0 Å². The van der Waals surface area contributed by atoms with Crippen molar-refractivity contribution in [2.45, 2.75) is 30.6 Å². The van der Waals surface area contributed by atoms with Crippen molar-refractivity contribution < 1.29 is 28.2 Å². The van der Waals surface area contributed by atoms with Gasteiger partial charge < -0.3 is 14.9 Å². The summed E-state index contributed by atoms with van der Waals surface area (Å²) >= 11 is 0. The van der Waals surface area contributed by atoms with Crippen molar-refractivity contribution in [1.82, 2.24) is 4.31 Å². The number of ether oxygens (including phenoxy) is 1. The molecule has 19 heavy (non-hydrogen) atoms. The molecule has 1 fully saturated rings. The maximum Gasteiger partial charge on any atom is 0.307 e. The van der Waals surface area contributed by atoms with E-state index in [1.165, 1.54) is 14.2 Å². The van der Waals surface area contributed by atoms with Gasteiger partial charge in [0.05, 0.1) is 23.9 Å².